The van der Waals surface area contributed by atoms with E-state index in [0.717, 1.165) is 11.3 Å². The number of nitrogens with one attached hydrogen (secondary N) is 1. The highest BCUT2D eigenvalue weighted by atomic mass is 16.5. The Hall–Kier alpha value is -4.40. The summed E-state index contributed by atoms with van der Waals surface area (Å²) in [6.07, 6.45) is 3.34. The molecule has 0 saturated carbocycles. The first-order valence-electron chi connectivity index (χ1n) is 10.1. The molecular weight excluding hydrogens is 422 g/mol. The fraction of sp³-hybridized carbons (Fsp3) is 0.167. The molecule has 0 radical (unpaired) electrons. The fourth-order valence-corrected chi connectivity index (χ4v) is 3.36. The summed E-state index contributed by atoms with van der Waals surface area (Å²) in [6, 6.07) is 16.4. The van der Waals surface area contributed by atoms with Gasteiger partial charge in [-0.25, -0.2) is 4.68 Å². The number of ether oxygens (including phenoxy) is 3. The summed E-state index contributed by atoms with van der Waals surface area (Å²) in [4.78, 5) is 17.3. The van der Waals surface area contributed by atoms with E-state index in [4.69, 9.17) is 14.2 Å². The monoisotopic (exact) mass is 445 g/mol. The van der Waals surface area contributed by atoms with E-state index in [1.807, 2.05) is 42.5 Å². The lowest BCUT2D eigenvalue weighted by Gasteiger charge is -2.12. The average molecular weight is 445 g/mol. The number of methoxy groups -OCH3 is 3. The number of carbonyl (C=O) groups excluding carboxylic acids is 1. The van der Waals surface area contributed by atoms with Crippen LogP contribution in [0.2, 0.25) is 0 Å². The molecule has 0 aliphatic carbocycles. The van der Waals surface area contributed by atoms with Crippen LogP contribution in [-0.4, -0.2) is 47.2 Å². The maximum absolute atomic E-state index is 13.1. The van der Waals surface area contributed by atoms with Crippen molar-refractivity contribution in [1.29, 1.82) is 0 Å². The highest BCUT2D eigenvalue weighted by molar-refractivity contribution is 5.98. The Morgan fingerprint density at radius 1 is 0.970 bits per heavy atom. The second-order valence-corrected chi connectivity index (χ2v) is 7.00. The molecule has 0 saturated heterocycles. The molecule has 2 aromatic heterocycles. The predicted octanol–water partition coefficient (Wildman–Crippen LogP) is 3.29. The first-order valence-corrected chi connectivity index (χ1v) is 10.1. The van der Waals surface area contributed by atoms with Gasteiger partial charge in [-0.3, -0.25) is 9.78 Å². The quantitative estimate of drug-likeness (QED) is 0.444. The van der Waals surface area contributed by atoms with Gasteiger partial charge in [0.05, 0.1) is 27.0 Å². The summed E-state index contributed by atoms with van der Waals surface area (Å²) >= 11 is 0. The number of hydrogen-bond acceptors (Lipinski definition) is 7. The third-order valence-electron chi connectivity index (χ3n) is 5.07. The molecule has 9 nitrogen and oxygen atoms in total. The summed E-state index contributed by atoms with van der Waals surface area (Å²) in [7, 11) is 4.76. The van der Waals surface area contributed by atoms with Crippen molar-refractivity contribution in [3.8, 4) is 34.2 Å². The smallest absolute Gasteiger partial charge is 0.274 e. The zero-order chi connectivity index (χ0) is 23.2. The molecule has 0 aliphatic heterocycles. The normalized spacial score (nSPS) is 10.5. The lowest BCUT2D eigenvalue weighted by molar-refractivity contribution is 0.0946. The molecule has 9 heteroatoms. The largest absolute Gasteiger partial charge is 0.497 e. The van der Waals surface area contributed by atoms with Crippen molar-refractivity contribution in [1.82, 2.24) is 25.3 Å². The molecular formula is C24H23N5O4. The van der Waals surface area contributed by atoms with Gasteiger partial charge in [-0.05, 0) is 48.5 Å². The van der Waals surface area contributed by atoms with Crippen LogP contribution in [-0.2, 0) is 6.54 Å². The van der Waals surface area contributed by atoms with Gasteiger partial charge < -0.3 is 19.5 Å². The van der Waals surface area contributed by atoms with E-state index in [9.17, 15) is 4.79 Å². The minimum Gasteiger partial charge on any atom is -0.497 e. The highest BCUT2D eigenvalue weighted by Gasteiger charge is 2.22. The molecule has 0 atom stereocenters. The van der Waals surface area contributed by atoms with E-state index in [1.54, 1.807) is 50.5 Å². The number of amides is 1. The van der Waals surface area contributed by atoms with Gasteiger partial charge in [-0.15, -0.1) is 5.10 Å². The third kappa shape index (κ3) is 4.62. The molecule has 0 spiro atoms. The Morgan fingerprint density at radius 2 is 1.73 bits per heavy atom. The van der Waals surface area contributed by atoms with Gasteiger partial charge in [-0.1, -0.05) is 5.21 Å². The maximum Gasteiger partial charge on any atom is 0.274 e. The van der Waals surface area contributed by atoms with Crippen LogP contribution in [0.5, 0.6) is 17.2 Å². The number of nitrogens with zero attached hydrogens (tertiary/aromatic N) is 4. The van der Waals surface area contributed by atoms with Crippen LogP contribution in [0.1, 0.15) is 16.1 Å². The van der Waals surface area contributed by atoms with Crippen LogP contribution >= 0.6 is 0 Å². The van der Waals surface area contributed by atoms with E-state index >= 15 is 0 Å². The average Bonchev–Trinajstić information content (AvgIpc) is 3.33. The molecule has 2 heterocycles. The Bertz CT molecular complexity index is 1240. The van der Waals surface area contributed by atoms with Gasteiger partial charge in [0.25, 0.3) is 5.91 Å². The number of hydrogen-bond donors (Lipinski definition) is 1. The lowest BCUT2D eigenvalue weighted by Crippen LogP contribution is -2.24. The van der Waals surface area contributed by atoms with Gasteiger partial charge in [0.15, 0.2) is 5.69 Å². The second kappa shape index (κ2) is 9.82. The minimum absolute atomic E-state index is 0.186. The van der Waals surface area contributed by atoms with Crippen molar-refractivity contribution in [2.45, 2.75) is 6.54 Å². The van der Waals surface area contributed by atoms with E-state index in [0.29, 0.717) is 28.5 Å². The van der Waals surface area contributed by atoms with Crippen molar-refractivity contribution in [2.24, 2.45) is 0 Å². The zero-order valence-corrected chi connectivity index (χ0v) is 18.5. The summed E-state index contributed by atoms with van der Waals surface area (Å²) in [6.45, 7) is 0.244. The van der Waals surface area contributed by atoms with Crippen LogP contribution < -0.4 is 19.5 Å². The van der Waals surface area contributed by atoms with E-state index in [-0.39, 0.29) is 18.1 Å². The minimum atomic E-state index is -0.369. The van der Waals surface area contributed by atoms with Gasteiger partial charge in [0, 0.05) is 36.1 Å². The molecule has 1 amide bonds. The topological polar surface area (TPSA) is 100 Å². The molecule has 0 aliphatic rings. The van der Waals surface area contributed by atoms with Crippen molar-refractivity contribution < 1.29 is 19.0 Å². The number of rotatable bonds is 8. The summed E-state index contributed by atoms with van der Waals surface area (Å²) in [5.41, 5.74) is 2.97. The van der Waals surface area contributed by atoms with E-state index in [1.165, 1.54) is 0 Å². The van der Waals surface area contributed by atoms with Crippen LogP contribution in [0.3, 0.4) is 0 Å². The predicted molar refractivity (Wildman–Crippen MR) is 122 cm³/mol. The Balaban J connectivity index is 1.66. The first-order chi connectivity index (χ1) is 16.1. The second-order valence-electron chi connectivity index (χ2n) is 7.00. The van der Waals surface area contributed by atoms with Gasteiger partial charge in [0.1, 0.15) is 22.9 Å². The molecule has 2 aromatic carbocycles. The Morgan fingerprint density at radius 3 is 2.39 bits per heavy atom. The number of pyridine rings is 1. The van der Waals surface area contributed by atoms with E-state index in [2.05, 4.69) is 20.6 Å². The summed E-state index contributed by atoms with van der Waals surface area (Å²) < 4.78 is 17.5. The third-order valence-corrected chi connectivity index (χ3v) is 5.07. The Kier molecular flexibility index (Phi) is 6.49. The summed E-state index contributed by atoms with van der Waals surface area (Å²) in [5, 5.41) is 11.3. The van der Waals surface area contributed by atoms with Crippen LogP contribution in [0.15, 0.2) is 67.0 Å². The fourth-order valence-electron chi connectivity index (χ4n) is 3.36. The van der Waals surface area contributed by atoms with Crippen LogP contribution in [0.25, 0.3) is 16.9 Å². The SMILES string of the molecule is COc1ccc(-n2nnc(C(=O)NCc3ccc(OC)cc3OC)c2-c2cccnc2)cc1. The van der Waals surface area contributed by atoms with Gasteiger partial charge in [-0.2, -0.15) is 0 Å². The van der Waals surface area contributed by atoms with Crippen LogP contribution in [0, 0.1) is 0 Å². The molecule has 4 aromatic rings. The molecule has 33 heavy (non-hydrogen) atoms. The molecule has 168 valence electrons. The molecule has 0 fully saturated rings. The molecule has 4 rings (SSSR count). The van der Waals surface area contributed by atoms with Gasteiger partial charge >= 0.3 is 0 Å². The number of carbonyl (C=O) groups is 1. The van der Waals surface area contributed by atoms with Gasteiger partial charge in [0.2, 0.25) is 0 Å². The zero-order valence-electron chi connectivity index (χ0n) is 18.5. The summed E-state index contributed by atoms with van der Waals surface area (Å²) in [5.74, 6) is 1.63. The maximum atomic E-state index is 13.1. The highest BCUT2D eigenvalue weighted by Crippen LogP contribution is 2.27. The van der Waals surface area contributed by atoms with Crippen molar-refractivity contribution in [3.63, 3.8) is 0 Å². The standard InChI is InChI=1S/C24H23N5O4/c1-31-19-10-7-18(8-11-19)29-23(17-5-4-12-25-14-17)22(27-28-29)24(30)26-15-16-6-9-20(32-2)13-21(16)33-3/h4-14H,15H2,1-3H3,(H,26,30). The van der Waals surface area contributed by atoms with Crippen LogP contribution in [0.4, 0.5) is 0 Å². The molecule has 0 bridgehead atoms. The number of benzene rings is 2. The first kappa shape index (κ1) is 21.8. The Labute approximate surface area is 190 Å². The molecule has 1 N–H and O–H groups in total. The van der Waals surface area contributed by atoms with E-state index < -0.39 is 0 Å². The van der Waals surface area contributed by atoms with Crippen molar-refractivity contribution in [2.75, 3.05) is 21.3 Å². The lowest BCUT2D eigenvalue weighted by atomic mass is 10.1. The van der Waals surface area contributed by atoms with Crippen molar-refractivity contribution in [3.05, 3.63) is 78.2 Å². The van der Waals surface area contributed by atoms with Crippen molar-refractivity contribution >= 4 is 5.91 Å². The molecule has 0 unspecified atom stereocenters. The number of aromatic nitrogens is 4.